The molecule has 0 amide bonds. The van der Waals surface area contributed by atoms with E-state index >= 15 is 0 Å². The number of halogens is 2. The lowest BCUT2D eigenvalue weighted by Gasteiger charge is -2.10. The van der Waals surface area contributed by atoms with Gasteiger partial charge in [0.1, 0.15) is 4.47 Å². The second-order valence-electron chi connectivity index (χ2n) is 4.72. The molecule has 106 valence electrons. The van der Waals surface area contributed by atoms with Crippen LogP contribution in [0.25, 0.3) is 10.9 Å². The number of rotatable bonds is 2. The van der Waals surface area contributed by atoms with Crippen LogP contribution in [-0.4, -0.2) is 14.5 Å². The Balaban J connectivity index is 2.15. The molecule has 3 rings (SSSR count). The van der Waals surface area contributed by atoms with Crippen LogP contribution in [0.5, 0.6) is 0 Å². The first-order valence-corrected chi connectivity index (χ1v) is 7.49. The van der Waals surface area contributed by atoms with Gasteiger partial charge in [-0.05, 0) is 40.5 Å². The zero-order valence-corrected chi connectivity index (χ0v) is 13.5. The van der Waals surface area contributed by atoms with Gasteiger partial charge in [0.2, 0.25) is 0 Å². The minimum Gasteiger partial charge on any atom is -0.294 e. The molecule has 0 aliphatic rings. The van der Waals surface area contributed by atoms with Crippen molar-refractivity contribution in [2.45, 2.75) is 13.5 Å². The van der Waals surface area contributed by atoms with E-state index in [1.54, 1.807) is 0 Å². The Kier molecular flexibility index (Phi) is 3.78. The van der Waals surface area contributed by atoms with Crippen LogP contribution in [0.1, 0.15) is 11.3 Å². The fourth-order valence-corrected chi connectivity index (χ4v) is 2.72. The van der Waals surface area contributed by atoms with Gasteiger partial charge in [0.15, 0.2) is 5.15 Å². The molecular formula is C15H11BrClN3O. The predicted molar refractivity (Wildman–Crippen MR) is 86.8 cm³/mol. The third-order valence-corrected chi connectivity index (χ3v) is 4.44. The van der Waals surface area contributed by atoms with Crippen LogP contribution in [0.2, 0.25) is 5.15 Å². The van der Waals surface area contributed by atoms with E-state index in [9.17, 15) is 4.79 Å². The first-order valence-electron chi connectivity index (χ1n) is 6.32. The van der Waals surface area contributed by atoms with Gasteiger partial charge in [-0.3, -0.25) is 14.3 Å². The van der Waals surface area contributed by atoms with Crippen molar-refractivity contribution in [1.29, 1.82) is 0 Å². The van der Waals surface area contributed by atoms with Crippen LogP contribution < -0.4 is 5.56 Å². The highest BCUT2D eigenvalue weighted by atomic mass is 79.9. The third kappa shape index (κ3) is 2.71. The standard InChI is InChI=1S/C15H11BrClN3O/c1-9-6-10(11-4-2-3-5-12(11)19-9)7-20-8-18-14(17)13(16)15(20)21/h2-6,8H,7H2,1H3. The van der Waals surface area contributed by atoms with E-state index in [4.69, 9.17) is 11.6 Å². The molecule has 1 aromatic carbocycles. The number of aromatic nitrogens is 3. The second-order valence-corrected chi connectivity index (χ2v) is 5.87. The summed E-state index contributed by atoms with van der Waals surface area (Å²) in [6, 6.07) is 9.86. The molecule has 0 bridgehead atoms. The molecule has 6 heteroatoms. The summed E-state index contributed by atoms with van der Waals surface area (Å²) in [5.74, 6) is 0. The van der Waals surface area contributed by atoms with Crippen LogP contribution in [0.4, 0.5) is 0 Å². The van der Waals surface area contributed by atoms with Crippen molar-refractivity contribution in [2.75, 3.05) is 0 Å². The largest absolute Gasteiger partial charge is 0.294 e. The smallest absolute Gasteiger partial charge is 0.269 e. The number of para-hydroxylation sites is 1. The van der Waals surface area contributed by atoms with E-state index < -0.39 is 0 Å². The van der Waals surface area contributed by atoms with Gasteiger partial charge in [-0.2, -0.15) is 0 Å². The number of hydrogen-bond donors (Lipinski definition) is 0. The van der Waals surface area contributed by atoms with Crippen LogP contribution in [0.15, 0.2) is 45.9 Å². The van der Waals surface area contributed by atoms with Gasteiger partial charge in [0.25, 0.3) is 5.56 Å². The average molecular weight is 365 g/mol. The monoisotopic (exact) mass is 363 g/mol. The van der Waals surface area contributed by atoms with Crippen molar-refractivity contribution in [3.63, 3.8) is 0 Å². The van der Waals surface area contributed by atoms with E-state index in [1.165, 1.54) is 10.9 Å². The Morgan fingerprint density at radius 1 is 1.33 bits per heavy atom. The molecule has 0 atom stereocenters. The van der Waals surface area contributed by atoms with Crippen molar-refractivity contribution in [3.8, 4) is 0 Å². The van der Waals surface area contributed by atoms with Gasteiger partial charge in [0.05, 0.1) is 18.4 Å². The van der Waals surface area contributed by atoms with Gasteiger partial charge >= 0.3 is 0 Å². The van der Waals surface area contributed by atoms with Crippen molar-refractivity contribution in [2.24, 2.45) is 0 Å². The number of benzene rings is 1. The van der Waals surface area contributed by atoms with Crippen molar-refractivity contribution in [3.05, 3.63) is 67.9 Å². The van der Waals surface area contributed by atoms with Crippen LogP contribution >= 0.6 is 27.5 Å². The van der Waals surface area contributed by atoms with Gasteiger partial charge in [-0.1, -0.05) is 29.8 Å². The van der Waals surface area contributed by atoms with E-state index in [0.717, 1.165) is 22.2 Å². The molecule has 0 aliphatic heterocycles. The first kappa shape index (κ1) is 14.2. The quantitative estimate of drug-likeness (QED) is 0.653. The molecule has 0 radical (unpaired) electrons. The van der Waals surface area contributed by atoms with E-state index in [2.05, 4.69) is 25.9 Å². The molecule has 0 saturated carbocycles. The molecule has 0 spiro atoms. The van der Waals surface area contributed by atoms with Crippen LogP contribution in [-0.2, 0) is 6.54 Å². The van der Waals surface area contributed by atoms with Gasteiger partial charge in [0, 0.05) is 11.1 Å². The highest BCUT2D eigenvalue weighted by Gasteiger charge is 2.09. The zero-order valence-electron chi connectivity index (χ0n) is 11.2. The fraction of sp³-hybridized carbons (Fsp3) is 0.133. The molecule has 0 aliphatic carbocycles. The molecule has 2 heterocycles. The second kappa shape index (κ2) is 5.58. The van der Waals surface area contributed by atoms with Gasteiger partial charge in [-0.25, -0.2) is 4.98 Å². The minimum absolute atomic E-state index is 0.173. The number of pyridine rings is 1. The Labute approximate surface area is 134 Å². The normalized spacial score (nSPS) is 11.0. The summed E-state index contributed by atoms with van der Waals surface area (Å²) < 4.78 is 1.80. The molecule has 0 unspecified atom stereocenters. The molecule has 4 nitrogen and oxygen atoms in total. The number of nitrogens with zero attached hydrogens (tertiary/aromatic N) is 3. The van der Waals surface area contributed by atoms with Crippen molar-refractivity contribution < 1.29 is 0 Å². The highest BCUT2D eigenvalue weighted by molar-refractivity contribution is 9.10. The molecule has 3 aromatic rings. The Bertz CT molecular complexity index is 892. The lowest BCUT2D eigenvalue weighted by Crippen LogP contribution is -2.22. The fourth-order valence-electron chi connectivity index (χ4n) is 2.27. The Hall–Kier alpha value is -1.72. The maximum Gasteiger partial charge on any atom is 0.269 e. The maximum absolute atomic E-state index is 12.2. The SMILES string of the molecule is Cc1cc(Cn2cnc(Cl)c(Br)c2=O)c2ccccc2n1. The lowest BCUT2D eigenvalue weighted by atomic mass is 10.1. The highest BCUT2D eigenvalue weighted by Crippen LogP contribution is 2.19. The molecule has 21 heavy (non-hydrogen) atoms. The number of aryl methyl sites for hydroxylation is 1. The first-order chi connectivity index (χ1) is 10.1. The van der Waals surface area contributed by atoms with E-state index in [1.807, 2.05) is 37.3 Å². The van der Waals surface area contributed by atoms with E-state index in [0.29, 0.717) is 6.54 Å². The summed E-state index contributed by atoms with van der Waals surface area (Å²) in [6.07, 6.45) is 1.46. The Morgan fingerprint density at radius 3 is 2.90 bits per heavy atom. The third-order valence-electron chi connectivity index (χ3n) is 3.21. The Morgan fingerprint density at radius 2 is 2.10 bits per heavy atom. The van der Waals surface area contributed by atoms with E-state index in [-0.39, 0.29) is 15.2 Å². The van der Waals surface area contributed by atoms with Gasteiger partial charge in [-0.15, -0.1) is 0 Å². The van der Waals surface area contributed by atoms with Crippen LogP contribution in [0.3, 0.4) is 0 Å². The lowest BCUT2D eigenvalue weighted by molar-refractivity contribution is 0.733. The summed E-state index contributed by atoms with van der Waals surface area (Å²) in [4.78, 5) is 20.7. The summed E-state index contributed by atoms with van der Waals surface area (Å²) in [5.41, 5.74) is 2.66. The topological polar surface area (TPSA) is 47.8 Å². The summed E-state index contributed by atoms with van der Waals surface area (Å²) >= 11 is 9.00. The molecule has 0 fully saturated rings. The number of hydrogen-bond acceptors (Lipinski definition) is 3. The van der Waals surface area contributed by atoms with Crippen LogP contribution in [0, 0.1) is 6.92 Å². The maximum atomic E-state index is 12.2. The predicted octanol–water partition coefficient (Wildman–Crippen LogP) is 3.56. The summed E-state index contributed by atoms with van der Waals surface area (Å²) in [5, 5.41) is 1.20. The molecular weight excluding hydrogens is 354 g/mol. The minimum atomic E-state index is -0.200. The molecule has 0 N–H and O–H groups in total. The summed E-state index contributed by atoms with van der Waals surface area (Å²) in [6.45, 7) is 2.36. The summed E-state index contributed by atoms with van der Waals surface area (Å²) in [7, 11) is 0. The molecule has 2 aromatic heterocycles. The molecule has 0 saturated heterocycles. The van der Waals surface area contributed by atoms with Gasteiger partial charge < -0.3 is 0 Å². The average Bonchev–Trinajstić information content (AvgIpc) is 2.47. The number of fused-ring (bicyclic) bond motifs is 1. The van der Waals surface area contributed by atoms with Crippen molar-refractivity contribution >= 4 is 38.4 Å². The van der Waals surface area contributed by atoms with Crippen molar-refractivity contribution in [1.82, 2.24) is 14.5 Å². The zero-order chi connectivity index (χ0) is 15.0.